The highest BCUT2D eigenvalue weighted by molar-refractivity contribution is 6.33. The third-order valence-electron chi connectivity index (χ3n) is 4.11. The Morgan fingerprint density at radius 2 is 1.62 bits per heavy atom. The van der Waals surface area contributed by atoms with Crippen molar-refractivity contribution in [3.63, 3.8) is 0 Å². The first-order chi connectivity index (χ1) is 13.9. The second kappa shape index (κ2) is 11.1. The van der Waals surface area contributed by atoms with Gasteiger partial charge in [0.05, 0.1) is 10.6 Å². The first-order valence-corrected chi connectivity index (χ1v) is 9.58. The number of hydrogen-bond acceptors (Lipinski definition) is 3. The van der Waals surface area contributed by atoms with E-state index < -0.39 is 0 Å². The summed E-state index contributed by atoms with van der Waals surface area (Å²) in [5, 5.41) is 9.57. The molecule has 2 rings (SSSR count). The van der Waals surface area contributed by atoms with E-state index in [2.05, 4.69) is 20.9 Å². The van der Waals surface area contributed by atoms with Crippen LogP contribution in [0.1, 0.15) is 26.3 Å². The normalized spacial score (nSPS) is 11.0. The lowest BCUT2D eigenvalue weighted by Crippen LogP contribution is -2.41. The van der Waals surface area contributed by atoms with Crippen molar-refractivity contribution in [3.8, 4) is 0 Å². The fourth-order valence-corrected chi connectivity index (χ4v) is 2.75. The van der Waals surface area contributed by atoms with Crippen LogP contribution in [-0.4, -0.2) is 56.9 Å². The smallest absolute Gasteiger partial charge is 0.253 e. The zero-order valence-corrected chi connectivity index (χ0v) is 17.6. The Morgan fingerprint density at radius 1 is 0.966 bits per heavy atom. The molecule has 0 radical (unpaired) electrons. The van der Waals surface area contributed by atoms with Crippen molar-refractivity contribution in [1.29, 1.82) is 0 Å². The van der Waals surface area contributed by atoms with Crippen LogP contribution >= 0.6 is 11.6 Å². The summed E-state index contributed by atoms with van der Waals surface area (Å²) in [6.07, 6.45) is 0. The number of hydrogen-bond donors (Lipinski definition) is 3. The van der Waals surface area contributed by atoms with Crippen LogP contribution < -0.4 is 16.0 Å². The maximum Gasteiger partial charge on any atom is 0.253 e. The summed E-state index contributed by atoms with van der Waals surface area (Å²) in [5.41, 5.74) is 2.12. The van der Waals surface area contributed by atoms with Crippen LogP contribution in [0.4, 0.5) is 0 Å². The molecular weight excluding hydrogens is 390 g/mol. The molecule has 0 aliphatic heterocycles. The lowest BCUT2D eigenvalue weighted by atomic mass is 10.1. The molecule has 0 aliphatic rings. The maximum atomic E-state index is 12.1. The van der Waals surface area contributed by atoms with E-state index in [0.717, 1.165) is 5.56 Å². The Hall–Kier alpha value is -3.06. The van der Waals surface area contributed by atoms with Crippen molar-refractivity contribution < 1.29 is 9.59 Å². The van der Waals surface area contributed by atoms with E-state index in [4.69, 9.17) is 11.6 Å². The number of nitrogens with one attached hydrogen (secondary N) is 3. The molecule has 0 heterocycles. The van der Waals surface area contributed by atoms with Crippen molar-refractivity contribution in [2.45, 2.75) is 6.54 Å². The average molecular weight is 416 g/mol. The van der Waals surface area contributed by atoms with Crippen LogP contribution in [0.15, 0.2) is 53.5 Å². The van der Waals surface area contributed by atoms with Gasteiger partial charge in [-0.25, -0.2) is 0 Å². The van der Waals surface area contributed by atoms with Crippen molar-refractivity contribution in [2.75, 3.05) is 34.2 Å². The molecular formula is C21H26ClN5O2. The van der Waals surface area contributed by atoms with Crippen molar-refractivity contribution in [1.82, 2.24) is 20.9 Å². The molecule has 2 aromatic carbocycles. The van der Waals surface area contributed by atoms with Gasteiger partial charge >= 0.3 is 0 Å². The van der Waals surface area contributed by atoms with Gasteiger partial charge in [0.15, 0.2) is 5.96 Å². The molecule has 7 nitrogen and oxygen atoms in total. The summed E-state index contributed by atoms with van der Waals surface area (Å²) in [5.74, 6) is 0.374. The quantitative estimate of drug-likeness (QED) is 0.367. The van der Waals surface area contributed by atoms with Gasteiger partial charge in [-0.2, -0.15) is 0 Å². The Morgan fingerprint density at radius 3 is 2.24 bits per heavy atom. The molecule has 2 amide bonds. The van der Waals surface area contributed by atoms with Gasteiger partial charge < -0.3 is 20.9 Å². The summed E-state index contributed by atoms with van der Waals surface area (Å²) >= 11 is 6.02. The Kier molecular flexibility index (Phi) is 8.48. The molecule has 8 heteroatoms. The Balaban J connectivity index is 1.75. The van der Waals surface area contributed by atoms with E-state index in [1.807, 2.05) is 12.1 Å². The summed E-state index contributed by atoms with van der Waals surface area (Å²) in [6, 6.07) is 14.3. The van der Waals surface area contributed by atoms with Gasteiger partial charge in [-0.3, -0.25) is 14.6 Å². The minimum Gasteiger partial charge on any atom is -0.355 e. The van der Waals surface area contributed by atoms with E-state index in [9.17, 15) is 9.59 Å². The number of aliphatic imine (C=N–C) groups is 1. The molecule has 154 valence electrons. The number of rotatable bonds is 7. The van der Waals surface area contributed by atoms with Crippen LogP contribution in [0, 0.1) is 0 Å². The van der Waals surface area contributed by atoms with Crippen LogP contribution in [0.5, 0.6) is 0 Å². The van der Waals surface area contributed by atoms with E-state index in [1.54, 1.807) is 62.4 Å². The molecule has 0 aliphatic carbocycles. The molecule has 0 spiro atoms. The largest absolute Gasteiger partial charge is 0.355 e. The van der Waals surface area contributed by atoms with Crippen LogP contribution in [-0.2, 0) is 6.54 Å². The zero-order valence-electron chi connectivity index (χ0n) is 16.8. The Labute approximate surface area is 176 Å². The average Bonchev–Trinajstić information content (AvgIpc) is 2.73. The third-order valence-corrected chi connectivity index (χ3v) is 4.44. The second-order valence-electron chi connectivity index (χ2n) is 6.48. The first-order valence-electron chi connectivity index (χ1n) is 9.20. The minimum atomic E-state index is -0.215. The number of guanidine groups is 1. The van der Waals surface area contributed by atoms with Crippen molar-refractivity contribution in [3.05, 3.63) is 70.2 Å². The van der Waals surface area contributed by atoms with Crippen molar-refractivity contribution >= 4 is 29.4 Å². The topological polar surface area (TPSA) is 85.8 Å². The van der Waals surface area contributed by atoms with E-state index >= 15 is 0 Å². The SMILES string of the molecule is CN=C(NCCNC(=O)c1ccccc1Cl)NCc1ccc(C(=O)N(C)C)cc1. The summed E-state index contributed by atoms with van der Waals surface area (Å²) in [6.45, 7) is 1.49. The predicted octanol–water partition coefficient (Wildman–Crippen LogP) is 2.14. The highest BCUT2D eigenvalue weighted by atomic mass is 35.5. The monoisotopic (exact) mass is 415 g/mol. The predicted molar refractivity (Wildman–Crippen MR) is 116 cm³/mol. The van der Waals surface area contributed by atoms with E-state index in [-0.39, 0.29) is 11.8 Å². The first kappa shape index (κ1) is 22.2. The molecule has 2 aromatic rings. The Bertz CT molecular complexity index is 866. The highest BCUT2D eigenvalue weighted by Gasteiger charge is 2.09. The van der Waals surface area contributed by atoms with Crippen LogP contribution in [0.2, 0.25) is 5.02 Å². The van der Waals surface area contributed by atoms with Gasteiger partial charge in [-0.05, 0) is 29.8 Å². The molecule has 3 N–H and O–H groups in total. The molecule has 0 bridgehead atoms. The van der Waals surface area contributed by atoms with Gasteiger partial charge in [0.2, 0.25) is 0 Å². The van der Waals surface area contributed by atoms with Gasteiger partial charge in [0, 0.05) is 46.3 Å². The molecule has 0 unspecified atom stereocenters. The number of carbonyl (C=O) groups excluding carboxylic acids is 2. The molecule has 0 aromatic heterocycles. The summed E-state index contributed by atoms with van der Waals surface area (Å²) in [7, 11) is 5.13. The molecule has 0 atom stereocenters. The molecule has 0 fully saturated rings. The van der Waals surface area contributed by atoms with Gasteiger partial charge in [0.1, 0.15) is 0 Å². The second-order valence-corrected chi connectivity index (χ2v) is 6.89. The number of carbonyl (C=O) groups is 2. The lowest BCUT2D eigenvalue weighted by molar-refractivity contribution is 0.0827. The molecule has 29 heavy (non-hydrogen) atoms. The number of amides is 2. The number of benzene rings is 2. The summed E-state index contributed by atoms with van der Waals surface area (Å²) < 4.78 is 0. The number of nitrogens with zero attached hydrogens (tertiary/aromatic N) is 2. The van der Waals surface area contributed by atoms with Gasteiger partial charge in [0.25, 0.3) is 11.8 Å². The fourth-order valence-electron chi connectivity index (χ4n) is 2.53. The van der Waals surface area contributed by atoms with E-state index in [1.165, 1.54) is 0 Å². The fraction of sp³-hybridized carbons (Fsp3) is 0.286. The maximum absolute atomic E-state index is 12.1. The van der Waals surface area contributed by atoms with Gasteiger partial charge in [-0.15, -0.1) is 0 Å². The molecule has 0 saturated heterocycles. The summed E-state index contributed by atoms with van der Waals surface area (Å²) in [4.78, 5) is 29.7. The van der Waals surface area contributed by atoms with E-state index in [0.29, 0.717) is 41.7 Å². The number of halogens is 1. The lowest BCUT2D eigenvalue weighted by Gasteiger charge is -2.13. The van der Waals surface area contributed by atoms with Crippen LogP contribution in [0.25, 0.3) is 0 Å². The zero-order chi connectivity index (χ0) is 21.2. The van der Waals surface area contributed by atoms with Gasteiger partial charge in [-0.1, -0.05) is 35.9 Å². The minimum absolute atomic E-state index is 0.0270. The third kappa shape index (κ3) is 6.80. The van der Waals surface area contributed by atoms with Crippen LogP contribution in [0.3, 0.4) is 0 Å². The molecule has 0 saturated carbocycles. The van der Waals surface area contributed by atoms with Crippen molar-refractivity contribution in [2.24, 2.45) is 4.99 Å². The standard InChI is InChI=1S/C21H26ClN5O2/c1-23-21(25-13-12-24-19(28)17-6-4-5-7-18(17)22)26-14-15-8-10-16(11-9-15)20(29)27(2)3/h4-11H,12-14H2,1-3H3,(H,24,28)(H2,23,25,26). The highest BCUT2D eigenvalue weighted by Crippen LogP contribution is 2.14.